The summed E-state index contributed by atoms with van der Waals surface area (Å²) in [6, 6.07) is 17.8. The number of carbonyl (C=O) groups excluding carboxylic acids is 1. The Kier molecular flexibility index (Phi) is 4.97. The van der Waals surface area contributed by atoms with Crippen molar-refractivity contribution >= 4 is 16.9 Å². The number of para-hydroxylation sites is 1. The number of piperidine rings is 1. The Bertz CT molecular complexity index is 867. The second-order valence-electron chi connectivity index (χ2n) is 6.68. The molecule has 5 nitrogen and oxygen atoms in total. The summed E-state index contributed by atoms with van der Waals surface area (Å²) in [4.78, 5) is 14.5. The summed E-state index contributed by atoms with van der Waals surface area (Å²) in [5.41, 5.74) is 2.63. The first-order valence-electron chi connectivity index (χ1n) is 9.06. The van der Waals surface area contributed by atoms with Gasteiger partial charge in [0.1, 0.15) is 5.69 Å². The van der Waals surface area contributed by atoms with Crippen molar-refractivity contribution in [2.45, 2.75) is 32.0 Å². The van der Waals surface area contributed by atoms with Crippen molar-refractivity contribution in [3.8, 4) is 0 Å². The Labute approximate surface area is 152 Å². The Morgan fingerprint density at radius 1 is 1.08 bits per heavy atom. The number of likely N-dealkylation sites (tertiary alicyclic amines) is 1. The van der Waals surface area contributed by atoms with Gasteiger partial charge >= 0.3 is 0 Å². The third-order valence-electron chi connectivity index (χ3n) is 4.89. The number of aromatic nitrogens is 1. The fourth-order valence-corrected chi connectivity index (χ4v) is 3.38. The van der Waals surface area contributed by atoms with Crippen LogP contribution in [0.1, 0.15) is 24.1 Å². The molecule has 2 aromatic carbocycles. The van der Waals surface area contributed by atoms with E-state index in [1.165, 1.54) is 5.56 Å². The third kappa shape index (κ3) is 3.78. The van der Waals surface area contributed by atoms with Crippen LogP contribution in [-0.4, -0.2) is 35.2 Å². The minimum atomic E-state index is 0.102. The molecule has 0 bridgehead atoms. The Balaban J connectivity index is 1.28. The lowest BCUT2D eigenvalue weighted by atomic mass is 10.1. The van der Waals surface area contributed by atoms with Crippen LogP contribution in [0.25, 0.3) is 11.0 Å². The molecule has 0 unspecified atom stereocenters. The Hall–Kier alpha value is -2.66. The highest BCUT2D eigenvalue weighted by Crippen LogP contribution is 2.20. The van der Waals surface area contributed by atoms with Crippen molar-refractivity contribution in [1.29, 1.82) is 0 Å². The summed E-state index contributed by atoms with van der Waals surface area (Å²) in [5.74, 6) is 0.102. The first-order chi connectivity index (χ1) is 12.8. The highest BCUT2D eigenvalue weighted by atomic mass is 16.5. The van der Waals surface area contributed by atoms with Crippen LogP contribution in [0.3, 0.4) is 0 Å². The minimum absolute atomic E-state index is 0.102. The van der Waals surface area contributed by atoms with Gasteiger partial charge in [0.15, 0.2) is 5.58 Å². The van der Waals surface area contributed by atoms with Crippen LogP contribution < -0.4 is 0 Å². The quantitative estimate of drug-likeness (QED) is 0.706. The van der Waals surface area contributed by atoms with Crippen molar-refractivity contribution in [2.75, 3.05) is 13.1 Å². The molecule has 3 aromatic rings. The monoisotopic (exact) mass is 350 g/mol. The number of hydrogen-bond donors (Lipinski definition) is 0. The van der Waals surface area contributed by atoms with Crippen molar-refractivity contribution in [2.24, 2.45) is 0 Å². The molecule has 1 saturated heterocycles. The predicted octanol–water partition coefficient (Wildman–Crippen LogP) is 3.58. The fourth-order valence-electron chi connectivity index (χ4n) is 3.38. The summed E-state index contributed by atoms with van der Waals surface area (Å²) in [6.45, 7) is 2.09. The molecule has 0 atom stereocenters. The van der Waals surface area contributed by atoms with E-state index >= 15 is 0 Å². The summed E-state index contributed by atoms with van der Waals surface area (Å²) >= 11 is 0. The summed E-state index contributed by atoms with van der Waals surface area (Å²) in [7, 11) is 0. The number of nitrogens with zero attached hydrogens (tertiary/aromatic N) is 2. The average molecular weight is 350 g/mol. The molecule has 0 aliphatic carbocycles. The lowest BCUT2D eigenvalue weighted by Gasteiger charge is -2.32. The zero-order valence-electron chi connectivity index (χ0n) is 14.6. The Morgan fingerprint density at radius 3 is 2.62 bits per heavy atom. The van der Waals surface area contributed by atoms with Crippen molar-refractivity contribution in [3.05, 3.63) is 65.9 Å². The average Bonchev–Trinajstić information content (AvgIpc) is 3.10. The van der Waals surface area contributed by atoms with Gasteiger partial charge in [-0.05, 0) is 30.5 Å². The molecule has 26 heavy (non-hydrogen) atoms. The molecular weight excluding hydrogens is 328 g/mol. The zero-order valence-corrected chi connectivity index (χ0v) is 14.6. The van der Waals surface area contributed by atoms with E-state index in [2.05, 4.69) is 17.3 Å². The van der Waals surface area contributed by atoms with Gasteiger partial charge in [0.25, 0.3) is 0 Å². The molecule has 1 amide bonds. The third-order valence-corrected chi connectivity index (χ3v) is 4.89. The smallest absolute Gasteiger partial charge is 0.228 e. The van der Waals surface area contributed by atoms with Gasteiger partial charge in [-0.1, -0.05) is 47.6 Å². The molecule has 1 aromatic heterocycles. The van der Waals surface area contributed by atoms with E-state index < -0.39 is 0 Å². The lowest BCUT2D eigenvalue weighted by molar-refractivity contribution is -0.133. The maximum Gasteiger partial charge on any atom is 0.228 e. The predicted molar refractivity (Wildman–Crippen MR) is 98.5 cm³/mol. The van der Waals surface area contributed by atoms with Crippen LogP contribution in [0, 0.1) is 0 Å². The number of hydrogen-bond acceptors (Lipinski definition) is 4. The van der Waals surface area contributed by atoms with Crippen molar-refractivity contribution in [1.82, 2.24) is 10.1 Å². The van der Waals surface area contributed by atoms with Crippen molar-refractivity contribution < 1.29 is 14.1 Å². The van der Waals surface area contributed by atoms with Gasteiger partial charge in [-0.15, -0.1) is 0 Å². The van der Waals surface area contributed by atoms with Crippen LogP contribution in [-0.2, 0) is 22.6 Å². The van der Waals surface area contributed by atoms with E-state index in [1.807, 2.05) is 47.4 Å². The molecule has 134 valence electrons. The van der Waals surface area contributed by atoms with E-state index in [1.54, 1.807) is 0 Å². The van der Waals surface area contributed by atoms with Crippen LogP contribution in [0.15, 0.2) is 59.1 Å². The lowest BCUT2D eigenvalue weighted by Crippen LogP contribution is -2.41. The summed E-state index contributed by atoms with van der Waals surface area (Å²) < 4.78 is 11.3. The van der Waals surface area contributed by atoms with Gasteiger partial charge in [-0.2, -0.15) is 0 Å². The summed E-state index contributed by atoms with van der Waals surface area (Å²) in [5, 5.41) is 4.98. The maximum atomic E-state index is 12.6. The number of rotatable bonds is 5. The number of ether oxygens (including phenoxy) is 1. The normalized spacial score (nSPS) is 15.5. The molecule has 0 radical (unpaired) electrons. The van der Waals surface area contributed by atoms with Gasteiger partial charge in [0, 0.05) is 18.5 Å². The van der Waals surface area contributed by atoms with Crippen LogP contribution >= 0.6 is 0 Å². The van der Waals surface area contributed by atoms with Gasteiger partial charge in [0.2, 0.25) is 5.91 Å². The highest BCUT2D eigenvalue weighted by Gasteiger charge is 2.24. The molecule has 1 aliphatic heterocycles. The molecule has 1 fully saturated rings. The molecule has 2 heterocycles. The second kappa shape index (κ2) is 7.70. The SMILES string of the molecule is O=C(Cc1noc2ccccc12)N1CCC(OCc2ccccc2)CC1. The molecule has 0 spiro atoms. The molecule has 0 saturated carbocycles. The maximum absolute atomic E-state index is 12.6. The summed E-state index contributed by atoms with van der Waals surface area (Å²) in [6.07, 6.45) is 2.25. The van der Waals surface area contributed by atoms with E-state index in [0.29, 0.717) is 12.3 Å². The standard InChI is InChI=1S/C21H22N2O3/c24-21(14-19-18-8-4-5-9-20(18)26-22-19)23-12-10-17(11-13-23)25-15-16-6-2-1-3-7-16/h1-9,17H,10-15H2. The number of benzene rings is 2. The van der Waals surface area contributed by atoms with Crippen LogP contribution in [0.4, 0.5) is 0 Å². The number of carbonyl (C=O) groups is 1. The Morgan fingerprint density at radius 2 is 1.81 bits per heavy atom. The van der Waals surface area contributed by atoms with Crippen LogP contribution in [0.2, 0.25) is 0 Å². The largest absolute Gasteiger partial charge is 0.373 e. The first-order valence-corrected chi connectivity index (χ1v) is 9.06. The molecule has 1 aliphatic rings. The number of fused-ring (bicyclic) bond motifs is 1. The van der Waals surface area contributed by atoms with E-state index in [-0.39, 0.29) is 18.4 Å². The molecule has 0 N–H and O–H groups in total. The molecule has 5 heteroatoms. The van der Waals surface area contributed by atoms with Gasteiger partial charge < -0.3 is 14.2 Å². The topological polar surface area (TPSA) is 55.6 Å². The molecular formula is C21H22N2O3. The van der Waals surface area contributed by atoms with Gasteiger partial charge in [-0.25, -0.2) is 0 Å². The highest BCUT2D eigenvalue weighted by molar-refractivity contribution is 5.86. The van der Waals surface area contributed by atoms with Crippen LogP contribution in [0.5, 0.6) is 0 Å². The van der Waals surface area contributed by atoms with Gasteiger partial charge in [-0.3, -0.25) is 4.79 Å². The minimum Gasteiger partial charge on any atom is -0.373 e. The second-order valence-corrected chi connectivity index (χ2v) is 6.68. The van der Waals surface area contributed by atoms with E-state index in [9.17, 15) is 4.79 Å². The van der Waals surface area contributed by atoms with E-state index in [4.69, 9.17) is 9.26 Å². The van der Waals surface area contributed by atoms with Crippen molar-refractivity contribution in [3.63, 3.8) is 0 Å². The zero-order chi connectivity index (χ0) is 17.8. The fraction of sp³-hybridized carbons (Fsp3) is 0.333. The van der Waals surface area contributed by atoms with Gasteiger partial charge in [0.05, 0.1) is 19.1 Å². The first kappa shape index (κ1) is 16.8. The van der Waals surface area contributed by atoms with E-state index in [0.717, 1.165) is 36.9 Å². The molecule has 4 rings (SSSR count). The number of amides is 1.